The van der Waals surface area contributed by atoms with E-state index in [2.05, 4.69) is 26.2 Å². The van der Waals surface area contributed by atoms with Crippen LogP contribution in [0.15, 0.2) is 77.3 Å². The first kappa shape index (κ1) is 18.5. The molecule has 4 aromatic rings. The molecule has 0 spiro atoms. The van der Waals surface area contributed by atoms with Gasteiger partial charge in [-0.2, -0.15) is 0 Å². The minimum Gasteiger partial charge on any atom is -0.325 e. The Morgan fingerprint density at radius 2 is 1.93 bits per heavy atom. The van der Waals surface area contributed by atoms with Gasteiger partial charge in [-0.3, -0.25) is 14.7 Å². The van der Waals surface area contributed by atoms with Crippen molar-refractivity contribution >= 4 is 44.3 Å². The lowest BCUT2D eigenvalue weighted by molar-refractivity contribution is -0.384. The number of anilines is 1. The van der Waals surface area contributed by atoms with Crippen molar-refractivity contribution in [3.8, 4) is 0 Å². The van der Waals surface area contributed by atoms with Crippen LogP contribution in [0.5, 0.6) is 0 Å². The van der Waals surface area contributed by atoms with E-state index >= 15 is 0 Å². The van der Waals surface area contributed by atoms with Crippen molar-refractivity contribution in [2.24, 2.45) is 0 Å². The topological polar surface area (TPSA) is 73.0 Å². The van der Waals surface area contributed by atoms with E-state index in [0.717, 1.165) is 15.5 Å². The number of allylic oxidation sites excluding steroid dienone is 1. The monoisotopic (exact) mass is 464 g/mol. The average Bonchev–Trinajstić information content (AvgIpc) is 3.13. The number of non-ortho nitro benzene ring substituents is 1. The molecule has 1 N–H and O–H groups in total. The zero-order valence-electron chi connectivity index (χ0n) is 15.4. The van der Waals surface area contributed by atoms with E-state index in [1.165, 1.54) is 18.2 Å². The Bertz CT molecular complexity index is 1350. The van der Waals surface area contributed by atoms with Crippen molar-refractivity contribution in [2.75, 3.05) is 5.32 Å². The van der Waals surface area contributed by atoms with E-state index < -0.39 is 11.0 Å². The van der Waals surface area contributed by atoms with Crippen molar-refractivity contribution in [2.45, 2.75) is 6.04 Å². The molecule has 0 bridgehead atoms. The fraction of sp³-hybridized carbons (Fsp3) is 0.0455. The van der Waals surface area contributed by atoms with E-state index in [1.54, 1.807) is 24.3 Å². The van der Waals surface area contributed by atoms with Crippen LogP contribution in [0.2, 0.25) is 0 Å². The second-order valence-electron chi connectivity index (χ2n) is 6.92. The largest absolute Gasteiger partial charge is 0.325 e. The summed E-state index contributed by atoms with van der Waals surface area (Å²) in [5.74, 6) is 0.202. The highest BCUT2D eigenvalue weighted by Crippen LogP contribution is 2.38. The summed E-state index contributed by atoms with van der Waals surface area (Å²) in [7, 11) is 0. The Morgan fingerprint density at radius 3 is 2.77 bits per heavy atom. The molecule has 0 amide bonds. The standard InChI is InChI=1S/C22H14BrFN4O2/c23-14-8-9-17(24)16(11-14)21-12-19(13-4-3-5-15(10-13)28(29)30)26-22-25-18-6-1-2-7-20(18)27(21)22/h1-12,21H,(H,25,26)/t21-/m1/s1. The molecule has 1 aromatic heterocycles. The number of para-hydroxylation sites is 2. The van der Waals surface area contributed by atoms with Gasteiger partial charge in [-0.1, -0.05) is 40.2 Å². The molecule has 1 aliphatic heterocycles. The molecular weight excluding hydrogens is 451 g/mol. The maximum Gasteiger partial charge on any atom is 0.270 e. The van der Waals surface area contributed by atoms with Crippen LogP contribution in [0.25, 0.3) is 16.7 Å². The Kier molecular flexibility index (Phi) is 4.36. The molecule has 0 saturated carbocycles. The van der Waals surface area contributed by atoms with Gasteiger partial charge in [0.15, 0.2) is 0 Å². The van der Waals surface area contributed by atoms with Crippen LogP contribution in [0.4, 0.5) is 16.0 Å². The number of nitrogens with one attached hydrogen (secondary N) is 1. The lowest BCUT2D eigenvalue weighted by atomic mass is 10.0. The zero-order chi connectivity index (χ0) is 20.8. The van der Waals surface area contributed by atoms with Crippen LogP contribution in [0, 0.1) is 15.9 Å². The summed E-state index contributed by atoms with van der Waals surface area (Å²) in [5, 5.41) is 14.5. The van der Waals surface area contributed by atoms with E-state index in [1.807, 2.05) is 34.9 Å². The predicted molar refractivity (Wildman–Crippen MR) is 117 cm³/mol. The molecule has 1 atom stereocenters. The molecule has 0 saturated heterocycles. The Morgan fingerprint density at radius 1 is 1.10 bits per heavy atom. The third-order valence-corrected chi connectivity index (χ3v) is 5.58. The first-order valence-corrected chi connectivity index (χ1v) is 9.96. The van der Waals surface area contributed by atoms with Crippen LogP contribution >= 0.6 is 15.9 Å². The molecule has 2 heterocycles. The van der Waals surface area contributed by atoms with Crippen molar-refractivity contribution in [1.82, 2.24) is 9.55 Å². The van der Waals surface area contributed by atoms with Crippen LogP contribution in [-0.4, -0.2) is 14.5 Å². The maximum absolute atomic E-state index is 14.9. The molecule has 0 fully saturated rings. The number of halogens is 2. The summed E-state index contributed by atoms with van der Waals surface area (Å²) in [6.45, 7) is 0. The van der Waals surface area contributed by atoms with Gasteiger partial charge in [0.1, 0.15) is 5.82 Å². The first-order valence-electron chi connectivity index (χ1n) is 9.17. The summed E-state index contributed by atoms with van der Waals surface area (Å²) in [5.41, 5.74) is 3.35. The number of imidazole rings is 1. The summed E-state index contributed by atoms with van der Waals surface area (Å²) in [4.78, 5) is 15.4. The van der Waals surface area contributed by atoms with Crippen molar-refractivity contribution in [1.29, 1.82) is 0 Å². The summed E-state index contributed by atoms with van der Waals surface area (Å²) < 4.78 is 17.6. The molecule has 30 heavy (non-hydrogen) atoms. The number of fused-ring (bicyclic) bond motifs is 3. The molecule has 6 nitrogen and oxygen atoms in total. The highest BCUT2D eigenvalue weighted by molar-refractivity contribution is 9.10. The molecule has 5 rings (SSSR count). The molecule has 8 heteroatoms. The lowest BCUT2D eigenvalue weighted by Gasteiger charge is -2.27. The molecule has 3 aromatic carbocycles. The Hall–Kier alpha value is -3.52. The summed E-state index contributed by atoms with van der Waals surface area (Å²) in [6.07, 6.45) is 1.87. The maximum atomic E-state index is 14.9. The molecule has 148 valence electrons. The number of aromatic nitrogens is 2. The third-order valence-electron chi connectivity index (χ3n) is 5.09. The molecule has 0 unspecified atom stereocenters. The van der Waals surface area contributed by atoms with Gasteiger partial charge >= 0.3 is 0 Å². The smallest absolute Gasteiger partial charge is 0.270 e. The molecular formula is C22H14BrFN4O2. The SMILES string of the molecule is O=[N+]([O-])c1cccc(C2=C[C@H](c3cc(Br)ccc3F)n3c(nc4ccccc43)N2)c1. The second kappa shape index (κ2) is 7.07. The van der Waals surface area contributed by atoms with Gasteiger partial charge in [0.05, 0.1) is 22.0 Å². The molecule has 0 radical (unpaired) electrons. The summed E-state index contributed by atoms with van der Waals surface area (Å²) >= 11 is 3.43. The first-order chi connectivity index (χ1) is 14.5. The fourth-order valence-electron chi connectivity index (χ4n) is 3.73. The van der Waals surface area contributed by atoms with Crippen LogP contribution < -0.4 is 5.32 Å². The van der Waals surface area contributed by atoms with Gasteiger partial charge in [0, 0.05) is 33.4 Å². The average molecular weight is 465 g/mol. The number of nitrogens with zero attached hydrogens (tertiary/aromatic N) is 3. The van der Waals surface area contributed by atoms with E-state index in [-0.39, 0.29) is 11.5 Å². The van der Waals surface area contributed by atoms with Crippen molar-refractivity contribution in [3.05, 3.63) is 104 Å². The lowest BCUT2D eigenvalue weighted by Crippen LogP contribution is -2.20. The number of hydrogen-bond acceptors (Lipinski definition) is 4. The minimum absolute atomic E-state index is 0.0144. The van der Waals surface area contributed by atoms with Gasteiger partial charge in [-0.25, -0.2) is 9.37 Å². The fourth-order valence-corrected chi connectivity index (χ4v) is 4.11. The number of hydrogen-bond donors (Lipinski definition) is 1. The van der Waals surface area contributed by atoms with Gasteiger partial charge in [-0.15, -0.1) is 0 Å². The summed E-state index contributed by atoms with van der Waals surface area (Å²) in [6, 6.07) is 18.3. The van der Waals surface area contributed by atoms with Crippen molar-refractivity contribution < 1.29 is 9.31 Å². The van der Waals surface area contributed by atoms with E-state index in [9.17, 15) is 14.5 Å². The van der Waals surface area contributed by atoms with Crippen LogP contribution in [-0.2, 0) is 0 Å². The van der Waals surface area contributed by atoms with Gasteiger partial charge in [0.2, 0.25) is 5.95 Å². The molecule has 0 aliphatic carbocycles. The van der Waals surface area contributed by atoms with Gasteiger partial charge in [-0.05, 0) is 36.4 Å². The zero-order valence-corrected chi connectivity index (χ0v) is 17.0. The number of nitro groups is 1. The van der Waals surface area contributed by atoms with Crippen molar-refractivity contribution in [3.63, 3.8) is 0 Å². The second-order valence-corrected chi connectivity index (χ2v) is 7.83. The van der Waals surface area contributed by atoms with Gasteiger partial charge in [0.25, 0.3) is 5.69 Å². The van der Waals surface area contributed by atoms with Crippen LogP contribution in [0.1, 0.15) is 17.2 Å². The normalized spacial score (nSPS) is 15.4. The number of benzene rings is 3. The highest BCUT2D eigenvalue weighted by Gasteiger charge is 2.27. The molecule has 1 aliphatic rings. The van der Waals surface area contributed by atoms with E-state index in [4.69, 9.17) is 0 Å². The Balaban J connectivity index is 1.74. The highest BCUT2D eigenvalue weighted by atomic mass is 79.9. The third kappa shape index (κ3) is 3.05. The van der Waals surface area contributed by atoms with Crippen LogP contribution in [0.3, 0.4) is 0 Å². The number of nitro benzene ring substituents is 1. The Labute approximate surface area is 179 Å². The predicted octanol–water partition coefficient (Wildman–Crippen LogP) is 5.90. The van der Waals surface area contributed by atoms with Gasteiger partial charge < -0.3 is 5.32 Å². The quantitative estimate of drug-likeness (QED) is 0.302. The van der Waals surface area contributed by atoms with E-state index in [0.29, 0.717) is 22.8 Å². The minimum atomic E-state index is -0.486. The number of rotatable bonds is 3.